The summed E-state index contributed by atoms with van der Waals surface area (Å²) in [6, 6.07) is 6.06. The van der Waals surface area contributed by atoms with E-state index in [1.165, 1.54) is 12.1 Å². The molecule has 1 aliphatic heterocycles. The van der Waals surface area contributed by atoms with Crippen molar-refractivity contribution < 1.29 is 18.3 Å². The minimum atomic E-state index is -3.71. The van der Waals surface area contributed by atoms with Crippen molar-refractivity contribution >= 4 is 15.9 Å². The molecule has 1 amide bonds. The van der Waals surface area contributed by atoms with Crippen LogP contribution in [-0.4, -0.2) is 68.1 Å². The van der Waals surface area contributed by atoms with E-state index in [1.807, 2.05) is 0 Å². The van der Waals surface area contributed by atoms with Crippen molar-refractivity contribution in [3.8, 4) is 0 Å². The molecule has 0 aliphatic carbocycles. The fourth-order valence-electron chi connectivity index (χ4n) is 2.64. The Bertz CT molecular complexity index is 635. The highest BCUT2D eigenvalue weighted by Crippen LogP contribution is 2.11. The number of benzene rings is 1. The zero-order valence-electron chi connectivity index (χ0n) is 13.2. The summed E-state index contributed by atoms with van der Waals surface area (Å²) in [5.74, 6) is 0.0186. The van der Waals surface area contributed by atoms with E-state index in [0.29, 0.717) is 19.6 Å². The first kappa shape index (κ1) is 17.9. The summed E-state index contributed by atoms with van der Waals surface area (Å²) in [7, 11) is -3.71. The van der Waals surface area contributed by atoms with Gasteiger partial charge in [0.15, 0.2) is 0 Å². The van der Waals surface area contributed by atoms with Gasteiger partial charge in [-0.25, -0.2) is 13.6 Å². The van der Waals surface area contributed by atoms with E-state index in [9.17, 15) is 18.3 Å². The minimum Gasteiger partial charge on any atom is -0.392 e. The molecule has 23 heavy (non-hydrogen) atoms. The number of rotatable bonds is 5. The number of nitrogens with two attached hydrogens (primary N) is 1. The van der Waals surface area contributed by atoms with E-state index in [4.69, 9.17) is 5.14 Å². The van der Waals surface area contributed by atoms with Crippen molar-refractivity contribution in [2.75, 3.05) is 32.7 Å². The molecule has 1 heterocycles. The van der Waals surface area contributed by atoms with Gasteiger partial charge in [0.2, 0.25) is 15.9 Å². The smallest absolute Gasteiger partial charge is 0.238 e. The van der Waals surface area contributed by atoms with Crippen LogP contribution in [0.4, 0.5) is 0 Å². The van der Waals surface area contributed by atoms with Crippen LogP contribution in [0.3, 0.4) is 0 Å². The zero-order chi connectivity index (χ0) is 17.0. The predicted octanol–water partition coefficient (Wildman–Crippen LogP) is -0.598. The van der Waals surface area contributed by atoms with Crippen LogP contribution in [0.15, 0.2) is 29.2 Å². The number of hydrogen-bond acceptors (Lipinski definition) is 5. The highest BCUT2D eigenvalue weighted by molar-refractivity contribution is 7.89. The normalized spacial score (nSPS) is 18.0. The van der Waals surface area contributed by atoms with E-state index in [2.05, 4.69) is 4.90 Å². The molecule has 0 bridgehead atoms. The van der Waals surface area contributed by atoms with Crippen LogP contribution in [0.5, 0.6) is 0 Å². The molecule has 0 aromatic heterocycles. The van der Waals surface area contributed by atoms with Crippen LogP contribution < -0.4 is 5.14 Å². The summed E-state index contributed by atoms with van der Waals surface area (Å²) >= 11 is 0. The first-order valence-electron chi connectivity index (χ1n) is 7.55. The molecular weight excluding hydrogens is 318 g/mol. The van der Waals surface area contributed by atoms with Crippen molar-refractivity contribution in [1.29, 1.82) is 0 Å². The Kier molecular flexibility index (Phi) is 5.74. The lowest BCUT2D eigenvalue weighted by atomic mass is 10.1. The molecule has 0 spiro atoms. The lowest BCUT2D eigenvalue weighted by Crippen LogP contribution is -2.50. The second-order valence-electron chi connectivity index (χ2n) is 5.90. The van der Waals surface area contributed by atoms with Crippen molar-refractivity contribution in [2.24, 2.45) is 5.14 Å². The van der Waals surface area contributed by atoms with Gasteiger partial charge in [-0.05, 0) is 24.6 Å². The van der Waals surface area contributed by atoms with Crippen molar-refractivity contribution in [1.82, 2.24) is 9.80 Å². The molecule has 7 nitrogen and oxygen atoms in total. The van der Waals surface area contributed by atoms with E-state index in [1.54, 1.807) is 24.0 Å². The number of aliphatic hydroxyl groups is 1. The monoisotopic (exact) mass is 341 g/mol. The molecule has 2 rings (SSSR count). The van der Waals surface area contributed by atoms with E-state index >= 15 is 0 Å². The number of nitrogens with zero attached hydrogens (tertiary/aromatic N) is 2. The molecular formula is C15H23N3O4S. The number of carbonyl (C=O) groups is 1. The lowest BCUT2D eigenvalue weighted by Gasteiger charge is -2.35. The molecule has 1 aliphatic rings. The topological polar surface area (TPSA) is 104 Å². The summed E-state index contributed by atoms with van der Waals surface area (Å²) in [6.07, 6.45) is -0.129. The lowest BCUT2D eigenvalue weighted by molar-refractivity contribution is -0.132. The predicted molar refractivity (Wildman–Crippen MR) is 86.2 cm³/mol. The molecule has 3 N–H and O–H groups in total. The van der Waals surface area contributed by atoms with Crippen LogP contribution in [0.2, 0.25) is 0 Å². The number of amides is 1. The average molecular weight is 341 g/mol. The number of β-amino-alcohol motifs (C(OH)–C–C–N with tert-alkyl or cyclic N) is 1. The fourth-order valence-corrected chi connectivity index (χ4v) is 3.15. The molecule has 1 saturated heterocycles. The van der Waals surface area contributed by atoms with Gasteiger partial charge in [0.25, 0.3) is 0 Å². The maximum Gasteiger partial charge on any atom is 0.238 e. The van der Waals surface area contributed by atoms with Crippen LogP contribution in [0.25, 0.3) is 0 Å². The Morgan fingerprint density at radius 3 is 2.26 bits per heavy atom. The quantitative estimate of drug-likeness (QED) is 0.744. The van der Waals surface area contributed by atoms with Gasteiger partial charge < -0.3 is 10.0 Å². The van der Waals surface area contributed by atoms with Crippen molar-refractivity contribution in [3.63, 3.8) is 0 Å². The Labute approximate surface area is 136 Å². The Morgan fingerprint density at radius 2 is 1.78 bits per heavy atom. The Hall–Kier alpha value is -1.48. The molecule has 0 radical (unpaired) electrons. The average Bonchev–Trinajstić information content (AvgIpc) is 2.47. The molecule has 8 heteroatoms. The van der Waals surface area contributed by atoms with Gasteiger partial charge >= 0.3 is 0 Å². The number of carbonyl (C=O) groups excluding carboxylic acids is 1. The summed E-state index contributed by atoms with van der Waals surface area (Å²) in [6.45, 7) is 5.16. The van der Waals surface area contributed by atoms with E-state index in [0.717, 1.165) is 18.7 Å². The Balaban J connectivity index is 1.88. The summed E-state index contributed by atoms with van der Waals surface area (Å²) in [5, 5.41) is 14.4. The summed E-state index contributed by atoms with van der Waals surface area (Å²) in [5.41, 5.74) is 0.758. The second-order valence-corrected chi connectivity index (χ2v) is 7.46. The van der Waals surface area contributed by atoms with Crippen molar-refractivity contribution in [2.45, 2.75) is 24.3 Å². The number of aliphatic hydroxyl groups excluding tert-OH is 1. The third-order valence-corrected chi connectivity index (χ3v) is 4.78. The summed E-state index contributed by atoms with van der Waals surface area (Å²) < 4.78 is 22.4. The molecule has 1 aromatic rings. The molecule has 1 fully saturated rings. The Morgan fingerprint density at radius 1 is 1.22 bits per heavy atom. The molecule has 128 valence electrons. The number of piperazine rings is 1. The third-order valence-electron chi connectivity index (χ3n) is 3.85. The molecule has 1 aromatic carbocycles. The third kappa shape index (κ3) is 5.28. The zero-order valence-corrected chi connectivity index (χ0v) is 14.0. The largest absolute Gasteiger partial charge is 0.392 e. The minimum absolute atomic E-state index is 0.0186. The number of primary sulfonamides is 1. The van der Waals surface area contributed by atoms with Gasteiger partial charge in [0.1, 0.15) is 0 Å². The second kappa shape index (κ2) is 7.39. The molecule has 0 saturated carbocycles. The van der Waals surface area contributed by atoms with Crippen LogP contribution in [0, 0.1) is 0 Å². The first-order valence-corrected chi connectivity index (χ1v) is 9.10. The van der Waals surface area contributed by atoms with Crippen molar-refractivity contribution in [3.05, 3.63) is 29.8 Å². The summed E-state index contributed by atoms with van der Waals surface area (Å²) in [4.78, 5) is 16.3. The number of hydrogen-bond donors (Lipinski definition) is 2. The highest BCUT2D eigenvalue weighted by Gasteiger charge is 2.21. The van der Waals surface area contributed by atoms with Gasteiger partial charge in [-0.15, -0.1) is 0 Å². The van der Waals surface area contributed by atoms with Crippen LogP contribution in [-0.2, 0) is 21.2 Å². The van der Waals surface area contributed by atoms with Gasteiger partial charge in [-0.3, -0.25) is 9.69 Å². The van der Waals surface area contributed by atoms with Crippen LogP contribution in [0.1, 0.15) is 12.5 Å². The standard InChI is InChI=1S/C15H23N3O4S/c1-12(19)11-17-6-8-18(9-7-17)15(20)10-13-2-4-14(5-3-13)23(16,21)22/h2-5,12,19H,6-11H2,1H3,(H2,16,21,22). The van der Waals surface area contributed by atoms with Crippen LogP contribution >= 0.6 is 0 Å². The van der Waals surface area contributed by atoms with E-state index < -0.39 is 10.0 Å². The maximum atomic E-state index is 12.3. The van der Waals surface area contributed by atoms with E-state index in [-0.39, 0.29) is 23.3 Å². The molecule has 1 atom stereocenters. The number of sulfonamides is 1. The molecule has 1 unspecified atom stereocenters. The van der Waals surface area contributed by atoms with Gasteiger partial charge in [-0.1, -0.05) is 12.1 Å². The highest BCUT2D eigenvalue weighted by atomic mass is 32.2. The van der Waals surface area contributed by atoms with Gasteiger partial charge in [0.05, 0.1) is 17.4 Å². The van der Waals surface area contributed by atoms with Gasteiger partial charge in [0, 0.05) is 32.7 Å². The SMILES string of the molecule is CC(O)CN1CCN(C(=O)Cc2ccc(S(N)(=O)=O)cc2)CC1. The first-order chi connectivity index (χ1) is 10.8. The van der Waals surface area contributed by atoms with Gasteiger partial charge in [-0.2, -0.15) is 0 Å². The fraction of sp³-hybridized carbons (Fsp3) is 0.533. The maximum absolute atomic E-state index is 12.3.